The van der Waals surface area contributed by atoms with Crippen LogP contribution in [0.5, 0.6) is 5.75 Å². The molecule has 2 saturated carbocycles. The minimum atomic E-state index is -0.297. The van der Waals surface area contributed by atoms with Gasteiger partial charge in [0.2, 0.25) is 5.91 Å². The Kier molecular flexibility index (Phi) is 5.04. The zero-order chi connectivity index (χ0) is 21.5. The molecule has 2 aliphatic rings. The predicted octanol–water partition coefficient (Wildman–Crippen LogP) is 4.54. The van der Waals surface area contributed by atoms with Crippen molar-refractivity contribution in [2.45, 2.75) is 39.2 Å². The Balaban J connectivity index is 1.22. The van der Waals surface area contributed by atoms with E-state index in [0.717, 1.165) is 30.5 Å². The number of halogens is 1. The van der Waals surface area contributed by atoms with Gasteiger partial charge in [-0.3, -0.25) is 14.8 Å². The van der Waals surface area contributed by atoms with Crippen molar-refractivity contribution in [3.8, 4) is 5.75 Å². The first-order valence-electron chi connectivity index (χ1n) is 10.8. The first-order chi connectivity index (χ1) is 15.0. The molecule has 2 aromatic heterocycles. The van der Waals surface area contributed by atoms with Crippen LogP contribution in [0.15, 0.2) is 42.9 Å². The predicted molar refractivity (Wildman–Crippen MR) is 115 cm³/mol. The van der Waals surface area contributed by atoms with Gasteiger partial charge in [-0.2, -0.15) is 0 Å². The van der Waals surface area contributed by atoms with E-state index in [4.69, 9.17) is 4.74 Å². The molecule has 5 atom stereocenters. The summed E-state index contributed by atoms with van der Waals surface area (Å²) in [7, 11) is 0. The van der Waals surface area contributed by atoms with Gasteiger partial charge < -0.3 is 10.1 Å². The molecule has 2 aliphatic carbocycles. The van der Waals surface area contributed by atoms with Gasteiger partial charge in [0.05, 0.1) is 29.7 Å². The number of anilines is 1. The van der Waals surface area contributed by atoms with Gasteiger partial charge >= 0.3 is 0 Å². The second-order valence-corrected chi connectivity index (χ2v) is 8.63. The van der Waals surface area contributed by atoms with Crippen LogP contribution in [0.1, 0.15) is 31.9 Å². The number of fused-ring (bicyclic) bond motifs is 2. The number of benzene rings is 1. The molecule has 3 aromatic rings. The summed E-state index contributed by atoms with van der Waals surface area (Å²) >= 11 is 0. The lowest BCUT2D eigenvalue weighted by Gasteiger charge is -2.21. The number of aryl methyl sites for hydroxylation is 1. The van der Waals surface area contributed by atoms with Crippen molar-refractivity contribution < 1.29 is 13.9 Å². The molecule has 0 saturated heterocycles. The van der Waals surface area contributed by atoms with E-state index in [-0.39, 0.29) is 23.7 Å². The molecular formula is C24H25FN4O2. The van der Waals surface area contributed by atoms with E-state index >= 15 is 0 Å². The fourth-order valence-electron chi connectivity index (χ4n) is 5.22. The zero-order valence-corrected chi connectivity index (χ0v) is 17.6. The maximum absolute atomic E-state index is 13.7. The molecule has 31 heavy (non-hydrogen) atoms. The third-order valence-corrected chi connectivity index (χ3v) is 6.70. The minimum absolute atomic E-state index is 0.0214. The van der Waals surface area contributed by atoms with Gasteiger partial charge in [0.25, 0.3) is 0 Å². The maximum atomic E-state index is 13.7. The number of nitrogens with zero attached hydrogens (tertiary/aromatic N) is 3. The number of carbonyl (C=O) groups excluding carboxylic acids is 1. The van der Waals surface area contributed by atoms with Gasteiger partial charge in [-0.1, -0.05) is 6.92 Å². The van der Waals surface area contributed by atoms with Gasteiger partial charge in [-0.15, -0.1) is 0 Å². The topological polar surface area (TPSA) is 77.0 Å². The van der Waals surface area contributed by atoms with Gasteiger partial charge in [0.15, 0.2) is 5.82 Å². The molecule has 0 bridgehead atoms. The van der Waals surface area contributed by atoms with Gasteiger partial charge in [0, 0.05) is 17.5 Å². The number of nitrogens with one attached hydrogen (secondary N) is 1. The van der Waals surface area contributed by atoms with Crippen molar-refractivity contribution in [2.24, 2.45) is 23.7 Å². The molecular weight excluding hydrogens is 395 g/mol. The van der Waals surface area contributed by atoms with Crippen LogP contribution in [0.4, 0.5) is 10.2 Å². The van der Waals surface area contributed by atoms with Crippen LogP contribution >= 0.6 is 0 Å². The Hall–Kier alpha value is -3.09. The fourth-order valence-corrected chi connectivity index (χ4v) is 5.22. The smallest absolute Gasteiger partial charge is 0.228 e. The highest BCUT2D eigenvalue weighted by Crippen LogP contribution is 2.62. The number of rotatable bonds is 6. The molecule has 2 heterocycles. The highest BCUT2D eigenvalue weighted by atomic mass is 19.1. The maximum Gasteiger partial charge on any atom is 0.228 e. The summed E-state index contributed by atoms with van der Waals surface area (Å²) in [6, 6.07) is 6.35. The molecule has 1 amide bonds. The summed E-state index contributed by atoms with van der Waals surface area (Å²) in [6.45, 7) is 3.92. The molecule has 5 rings (SSSR count). The van der Waals surface area contributed by atoms with Crippen molar-refractivity contribution >= 4 is 22.6 Å². The van der Waals surface area contributed by atoms with Crippen molar-refractivity contribution in [2.75, 3.05) is 5.32 Å². The second kappa shape index (κ2) is 7.87. The molecule has 160 valence electrons. The lowest BCUT2D eigenvalue weighted by molar-refractivity contribution is -0.121. The molecule has 6 nitrogen and oxygen atoms in total. The second-order valence-electron chi connectivity index (χ2n) is 8.63. The first-order valence-corrected chi connectivity index (χ1v) is 10.8. The van der Waals surface area contributed by atoms with Crippen molar-refractivity contribution in [3.63, 3.8) is 0 Å². The number of pyridine rings is 1. The lowest BCUT2D eigenvalue weighted by atomic mass is 9.93. The van der Waals surface area contributed by atoms with Crippen LogP contribution in [-0.4, -0.2) is 27.0 Å². The largest absolute Gasteiger partial charge is 0.490 e. The number of hydrogen-bond donors (Lipinski definition) is 1. The van der Waals surface area contributed by atoms with E-state index in [1.807, 2.05) is 6.92 Å². The normalized spacial score (nSPS) is 25.1. The number of aromatic nitrogens is 3. The molecule has 0 spiro atoms. The SMILES string of the molecule is CCC(C(=O)Nc1cnc(C)cn1)[C@@H]1[C@@H]2C[C@@H](Oc3ccnc4ccc(F)cc34)C[C@@H]21. The van der Waals surface area contributed by atoms with Crippen LogP contribution in [0.25, 0.3) is 10.9 Å². The van der Waals surface area contributed by atoms with Crippen LogP contribution in [0, 0.1) is 36.4 Å². The quantitative estimate of drug-likeness (QED) is 0.634. The standard InChI is InChI=1S/C24H25FN4O2/c1-3-16(24(30)29-22-12-27-13(2)11-28-22)23-17-9-15(10-18(17)23)31-21-6-7-26-20-5-4-14(25)8-19(20)21/h4-8,11-12,15-18,23H,3,9-10H2,1-2H3,(H,28,29,30)/t15-,16?,17-,18+,23-. The highest BCUT2D eigenvalue weighted by molar-refractivity contribution is 5.92. The molecule has 0 aliphatic heterocycles. The summed E-state index contributed by atoms with van der Waals surface area (Å²) < 4.78 is 19.9. The Morgan fingerprint density at radius 1 is 1.19 bits per heavy atom. The molecule has 1 aromatic carbocycles. The van der Waals surface area contributed by atoms with Crippen LogP contribution < -0.4 is 10.1 Å². The van der Waals surface area contributed by atoms with E-state index in [1.165, 1.54) is 12.1 Å². The molecule has 7 heteroatoms. The fraction of sp³-hybridized carbons (Fsp3) is 0.417. The summed E-state index contributed by atoms with van der Waals surface area (Å²) in [4.78, 5) is 25.5. The monoisotopic (exact) mass is 420 g/mol. The van der Waals surface area contributed by atoms with Crippen molar-refractivity contribution in [3.05, 3.63) is 54.4 Å². The van der Waals surface area contributed by atoms with Gasteiger partial charge in [0.1, 0.15) is 11.6 Å². The Morgan fingerprint density at radius 2 is 2.00 bits per heavy atom. The molecule has 1 N–H and O–H groups in total. The lowest BCUT2D eigenvalue weighted by Crippen LogP contribution is -2.27. The Morgan fingerprint density at radius 3 is 2.71 bits per heavy atom. The van der Waals surface area contributed by atoms with Gasteiger partial charge in [-0.05, 0) is 68.2 Å². The van der Waals surface area contributed by atoms with E-state index in [0.29, 0.717) is 34.7 Å². The van der Waals surface area contributed by atoms with E-state index in [9.17, 15) is 9.18 Å². The van der Waals surface area contributed by atoms with Crippen LogP contribution in [0.2, 0.25) is 0 Å². The van der Waals surface area contributed by atoms with Crippen LogP contribution in [0.3, 0.4) is 0 Å². The van der Waals surface area contributed by atoms with Crippen molar-refractivity contribution in [1.29, 1.82) is 0 Å². The van der Waals surface area contributed by atoms with E-state index in [2.05, 4.69) is 27.2 Å². The number of hydrogen-bond acceptors (Lipinski definition) is 5. The zero-order valence-electron chi connectivity index (χ0n) is 17.6. The van der Waals surface area contributed by atoms with E-state index < -0.39 is 0 Å². The first kappa shape index (κ1) is 19.8. The third kappa shape index (κ3) is 3.84. The number of amides is 1. The van der Waals surface area contributed by atoms with E-state index in [1.54, 1.807) is 30.7 Å². The molecule has 0 radical (unpaired) electrons. The summed E-state index contributed by atoms with van der Waals surface area (Å²) in [5, 5.41) is 3.62. The Bertz CT molecular complexity index is 1110. The van der Waals surface area contributed by atoms with Gasteiger partial charge in [-0.25, -0.2) is 9.37 Å². The average Bonchev–Trinajstić information content (AvgIpc) is 3.23. The number of ether oxygens (including phenoxy) is 1. The summed E-state index contributed by atoms with van der Waals surface area (Å²) in [5.74, 6) is 2.24. The summed E-state index contributed by atoms with van der Waals surface area (Å²) in [5.41, 5.74) is 1.54. The highest BCUT2D eigenvalue weighted by Gasteiger charge is 2.60. The van der Waals surface area contributed by atoms with Crippen LogP contribution in [-0.2, 0) is 4.79 Å². The van der Waals surface area contributed by atoms with Crippen molar-refractivity contribution in [1.82, 2.24) is 15.0 Å². The third-order valence-electron chi connectivity index (χ3n) is 6.70. The summed E-state index contributed by atoms with van der Waals surface area (Å²) in [6.07, 6.45) is 7.66. The average molecular weight is 420 g/mol. The molecule has 2 fully saturated rings. The number of carbonyl (C=O) groups is 1. The Labute approximate surface area is 180 Å². The molecule has 1 unspecified atom stereocenters. The minimum Gasteiger partial charge on any atom is -0.490 e.